The summed E-state index contributed by atoms with van der Waals surface area (Å²) < 4.78 is 3.95. The van der Waals surface area contributed by atoms with E-state index in [4.69, 9.17) is 0 Å². The van der Waals surface area contributed by atoms with Gasteiger partial charge in [-0.3, -0.25) is 9.58 Å². The van der Waals surface area contributed by atoms with Crippen LogP contribution in [0.1, 0.15) is 37.5 Å². The number of hydrogen-bond donors (Lipinski definition) is 0. The minimum atomic E-state index is 0.547. The molecule has 1 aliphatic carbocycles. The molecule has 1 atom stereocenters. The molecule has 3 heterocycles. The van der Waals surface area contributed by atoms with Crippen LogP contribution >= 0.6 is 0 Å². The maximum atomic E-state index is 4.21. The van der Waals surface area contributed by atoms with Gasteiger partial charge < -0.3 is 0 Å². The first-order chi connectivity index (χ1) is 10.4. The van der Waals surface area contributed by atoms with Gasteiger partial charge in [-0.2, -0.15) is 5.10 Å². The summed E-state index contributed by atoms with van der Waals surface area (Å²) in [4.78, 5) is 6.48. The lowest BCUT2D eigenvalue weighted by Gasteiger charge is -2.32. The van der Waals surface area contributed by atoms with Crippen LogP contribution in [0.25, 0.3) is 0 Å². The standard InChI is InChI=1S/C13H20N8/c1-2-11(7-20-10-14-9-15-20)6-19(5-1)8-13-16-17-18-21(13)12-3-4-12/h9-12H,1-8H2/t11-/m0/s1. The molecule has 0 unspecified atom stereocenters. The molecule has 1 aliphatic heterocycles. The van der Waals surface area contributed by atoms with Crippen molar-refractivity contribution in [2.75, 3.05) is 13.1 Å². The van der Waals surface area contributed by atoms with E-state index in [2.05, 4.69) is 30.5 Å². The van der Waals surface area contributed by atoms with E-state index in [0.29, 0.717) is 12.0 Å². The summed E-state index contributed by atoms with van der Waals surface area (Å²) >= 11 is 0. The smallest absolute Gasteiger partial charge is 0.165 e. The minimum Gasteiger partial charge on any atom is -0.296 e. The van der Waals surface area contributed by atoms with E-state index in [1.165, 1.54) is 25.7 Å². The van der Waals surface area contributed by atoms with Crippen LogP contribution in [0.3, 0.4) is 0 Å². The first-order valence-corrected chi connectivity index (χ1v) is 7.70. The summed E-state index contributed by atoms with van der Waals surface area (Å²) in [7, 11) is 0. The fourth-order valence-electron chi connectivity index (χ4n) is 3.15. The van der Waals surface area contributed by atoms with Crippen LogP contribution in [0.4, 0.5) is 0 Å². The van der Waals surface area contributed by atoms with Gasteiger partial charge in [0.25, 0.3) is 0 Å². The molecule has 2 fully saturated rings. The number of rotatable bonds is 5. The first kappa shape index (κ1) is 12.9. The molecule has 0 spiro atoms. The van der Waals surface area contributed by atoms with Crippen molar-refractivity contribution < 1.29 is 0 Å². The Hall–Kier alpha value is -1.83. The van der Waals surface area contributed by atoms with Crippen LogP contribution in [-0.4, -0.2) is 53.0 Å². The Morgan fingerprint density at radius 3 is 3.00 bits per heavy atom. The quantitative estimate of drug-likeness (QED) is 0.798. The molecule has 2 aromatic heterocycles. The Morgan fingerprint density at radius 1 is 1.24 bits per heavy atom. The second-order valence-electron chi connectivity index (χ2n) is 6.13. The summed E-state index contributed by atoms with van der Waals surface area (Å²) in [5.74, 6) is 1.64. The van der Waals surface area contributed by atoms with Gasteiger partial charge in [-0.15, -0.1) is 5.10 Å². The number of nitrogens with zero attached hydrogens (tertiary/aromatic N) is 8. The van der Waals surface area contributed by atoms with Crippen molar-refractivity contribution in [3.05, 3.63) is 18.5 Å². The van der Waals surface area contributed by atoms with E-state index in [9.17, 15) is 0 Å². The van der Waals surface area contributed by atoms with Crippen molar-refractivity contribution in [1.82, 2.24) is 39.9 Å². The second-order valence-corrected chi connectivity index (χ2v) is 6.13. The monoisotopic (exact) mass is 288 g/mol. The van der Waals surface area contributed by atoms with Crippen molar-refractivity contribution in [2.24, 2.45) is 5.92 Å². The van der Waals surface area contributed by atoms with Gasteiger partial charge in [0, 0.05) is 13.1 Å². The fourth-order valence-corrected chi connectivity index (χ4v) is 3.15. The highest BCUT2D eigenvalue weighted by atomic mass is 15.6. The molecular formula is C13H20N8. The average molecular weight is 288 g/mol. The van der Waals surface area contributed by atoms with Crippen LogP contribution < -0.4 is 0 Å². The predicted molar refractivity (Wildman–Crippen MR) is 74.1 cm³/mol. The number of likely N-dealkylation sites (tertiary alicyclic amines) is 1. The Labute approximate surface area is 123 Å². The summed E-state index contributed by atoms with van der Waals surface area (Å²) in [6, 6.07) is 0.547. The zero-order chi connectivity index (χ0) is 14.1. The summed E-state index contributed by atoms with van der Waals surface area (Å²) in [5.41, 5.74) is 0. The lowest BCUT2D eigenvalue weighted by atomic mass is 9.98. The van der Waals surface area contributed by atoms with Crippen LogP contribution in [0.2, 0.25) is 0 Å². The van der Waals surface area contributed by atoms with Crippen molar-refractivity contribution >= 4 is 0 Å². The number of piperidine rings is 1. The zero-order valence-corrected chi connectivity index (χ0v) is 12.0. The topological polar surface area (TPSA) is 77.5 Å². The highest BCUT2D eigenvalue weighted by molar-refractivity contribution is 4.91. The zero-order valence-electron chi connectivity index (χ0n) is 12.0. The van der Waals surface area contributed by atoms with E-state index in [0.717, 1.165) is 32.0 Å². The lowest BCUT2D eigenvalue weighted by molar-refractivity contribution is 0.148. The molecule has 4 rings (SSSR count). The Balaban J connectivity index is 1.37. The van der Waals surface area contributed by atoms with Crippen LogP contribution in [-0.2, 0) is 13.1 Å². The van der Waals surface area contributed by atoms with Crippen LogP contribution in [0.5, 0.6) is 0 Å². The van der Waals surface area contributed by atoms with E-state index in [-0.39, 0.29) is 0 Å². The van der Waals surface area contributed by atoms with Gasteiger partial charge in [0.2, 0.25) is 0 Å². The molecule has 0 N–H and O–H groups in total. The molecule has 8 nitrogen and oxygen atoms in total. The highest BCUT2D eigenvalue weighted by Gasteiger charge is 2.29. The first-order valence-electron chi connectivity index (χ1n) is 7.70. The Morgan fingerprint density at radius 2 is 2.19 bits per heavy atom. The second kappa shape index (κ2) is 5.51. The third-order valence-corrected chi connectivity index (χ3v) is 4.33. The van der Waals surface area contributed by atoms with E-state index < -0.39 is 0 Å². The predicted octanol–water partition coefficient (Wildman–Crippen LogP) is 0.512. The normalized spacial score (nSPS) is 23.5. The third kappa shape index (κ3) is 2.94. The molecule has 112 valence electrons. The molecule has 1 saturated carbocycles. The molecule has 0 aromatic carbocycles. The van der Waals surface area contributed by atoms with Crippen molar-refractivity contribution in [3.63, 3.8) is 0 Å². The maximum Gasteiger partial charge on any atom is 0.165 e. The Kier molecular flexibility index (Phi) is 3.38. The molecule has 0 bridgehead atoms. The number of hydrogen-bond acceptors (Lipinski definition) is 6. The van der Waals surface area contributed by atoms with Crippen molar-refractivity contribution in [2.45, 2.75) is 44.8 Å². The van der Waals surface area contributed by atoms with E-state index in [1.54, 1.807) is 12.7 Å². The van der Waals surface area contributed by atoms with Gasteiger partial charge >= 0.3 is 0 Å². The summed E-state index contributed by atoms with van der Waals surface area (Å²) in [6.07, 6.45) is 8.31. The van der Waals surface area contributed by atoms with Gasteiger partial charge in [0.1, 0.15) is 12.7 Å². The van der Waals surface area contributed by atoms with Gasteiger partial charge in [-0.05, 0) is 48.6 Å². The summed E-state index contributed by atoms with van der Waals surface area (Å²) in [5, 5.41) is 16.4. The van der Waals surface area contributed by atoms with Gasteiger partial charge in [-0.25, -0.2) is 9.67 Å². The van der Waals surface area contributed by atoms with Crippen molar-refractivity contribution in [3.8, 4) is 0 Å². The van der Waals surface area contributed by atoms with Crippen molar-refractivity contribution in [1.29, 1.82) is 0 Å². The lowest BCUT2D eigenvalue weighted by Crippen LogP contribution is -2.37. The van der Waals surface area contributed by atoms with E-state index in [1.807, 2.05) is 9.36 Å². The molecule has 2 aliphatic rings. The van der Waals surface area contributed by atoms with Gasteiger partial charge in [-0.1, -0.05) is 0 Å². The average Bonchev–Trinajstić information content (AvgIpc) is 3.01. The third-order valence-electron chi connectivity index (χ3n) is 4.33. The highest BCUT2D eigenvalue weighted by Crippen LogP contribution is 2.34. The largest absolute Gasteiger partial charge is 0.296 e. The van der Waals surface area contributed by atoms with Gasteiger partial charge in [0.15, 0.2) is 5.82 Å². The minimum absolute atomic E-state index is 0.547. The van der Waals surface area contributed by atoms with Crippen LogP contribution in [0.15, 0.2) is 12.7 Å². The maximum absolute atomic E-state index is 4.21. The fraction of sp³-hybridized carbons (Fsp3) is 0.769. The van der Waals surface area contributed by atoms with Crippen LogP contribution in [0, 0.1) is 5.92 Å². The molecule has 0 radical (unpaired) electrons. The molecule has 21 heavy (non-hydrogen) atoms. The number of aromatic nitrogens is 7. The molecule has 1 saturated heterocycles. The number of tetrazole rings is 1. The molecule has 8 heteroatoms. The molecule has 0 amide bonds. The summed E-state index contributed by atoms with van der Waals surface area (Å²) in [6.45, 7) is 4.02. The Bertz CT molecular complexity index is 573. The SMILES string of the molecule is c1ncn(C[C@H]2CCCN(Cc3nnnn3C3CC3)C2)n1. The van der Waals surface area contributed by atoms with Gasteiger partial charge in [0.05, 0.1) is 12.6 Å². The molecular weight excluding hydrogens is 268 g/mol. The van der Waals surface area contributed by atoms with E-state index >= 15 is 0 Å². The molecule has 2 aromatic rings.